The zero-order valence-electron chi connectivity index (χ0n) is 15.3. The number of aryl methyl sites for hydroxylation is 1. The molecule has 2 aromatic carbocycles. The molecule has 0 atom stereocenters. The number of hydrogen-bond donors (Lipinski definition) is 0. The van der Waals surface area contributed by atoms with Crippen LogP contribution < -0.4 is 9.47 Å². The van der Waals surface area contributed by atoms with Gasteiger partial charge in [-0.3, -0.25) is 4.79 Å². The first-order chi connectivity index (χ1) is 11.9. The second-order valence-corrected chi connectivity index (χ2v) is 7.30. The normalized spacial score (nSPS) is 13.0. The second kappa shape index (κ2) is 6.79. The maximum absolute atomic E-state index is 13.1. The predicted molar refractivity (Wildman–Crippen MR) is 98.0 cm³/mol. The Morgan fingerprint density at radius 2 is 1.64 bits per heavy atom. The van der Waals surface area contributed by atoms with E-state index in [1.54, 1.807) is 0 Å². The van der Waals surface area contributed by atoms with E-state index in [0.717, 1.165) is 23.5 Å². The fourth-order valence-corrected chi connectivity index (χ4v) is 2.87. The summed E-state index contributed by atoms with van der Waals surface area (Å²) in [5.41, 5.74) is 2.68. The second-order valence-electron chi connectivity index (χ2n) is 7.30. The van der Waals surface area contributed by atoms with Gasteiger partial charge in [-0.05, 0) is 62.6 Å². The van der Waals surface area contributed by atoms with Gasteiger partial charge in [0, 0.05) is 17.6 Å². The van der Waals surface area contributed by atoms with Gasteiger partial charge in [-0.15, -0.1) is 0 Å². The molecular formula is C21H25NO3. The van der Waals surface area contributed by atoms with Crippen LogP contribution in [0.4, 0.5) is 0 Å². The molecule has 0 fully saturated rings. The maximum atomic E-state index is 13.1. The number of rotatable bonds is 4. The Morgan fingerprint density at radius 1 is 1.00 bits per heavy atom. The fourth-order valence-electron chi connectivity index (χ4n) is 2.87. The molecule has 4 nitrogen and oxygen atoms in total. The molecule has 0 bridgehead atoms. The van der Waals surface area contributed by atoms with Gasteiger partial charge >= 0.3 is 0 Å². The highest BCUT2D eigenvalue weighted by Crippen LogP contribution is 2.33. The zero-order chi connectivity index (χ0) is 18.0. The van der Waals surface area contributed by atoms with Crippen molar-refractivity contribution < 1.29 is 14.3 Å². The van der Waals surface area contributed by atoms with E-state index in [0.29, 0.717) is 12.1 Å². The lowest BCUT2D eigenvalue weighted by atomic mass is 10.0. The van der Waals surface area contributed by atoms with Crippen molar-refractivity contribution in [3.63, 3.8) is 0 Å². The van der Waals surface area contributed by atoms with E-state index in [1.807, 2.05) is 47.4 Å². The van der Waals surface area contributed by atoms with Crippen molar-refractivity contribution in [2.45, 2.75) is 46.2 Å². The number of carbonyl (C=O) groups excluding carboxylic acids is 1. The smallest absolute Gasteiger partial charge is 0.254 e. The lowest BCUT2D eigenvalue weighted by molar-refractivity contribution is 0.0558. The Bertz CT molecular complexity index is 760. The van der Waals surface area contributed by atoms with Crippen molar-refractivity contribution >= 4 is 5.91 Å². The molecule has 3 rings (SSSR count). The number of nitrogens with zero attached hydrogens (tertiary/aromatic N) is 1. The first-order valence-corrected chi connectivity index (χ1v) is 8.68. The van der Waals surface area contributed by atoms with E-state index in [2.05, 4.69) is 27.7 Å². The summed E-state index contributed by atoms with van der Waals surface area (Å²) in [4.78, 5) is 15.0. The standard InChI is InChI=1S/C21H25NO3/c1-5-15-6-9-17(10-7-15)20(23)22(21(2,3)4)13-16-8-11-18-19(12-16)25-14-24-18/h6-12H,5,13-14H2,1-4H3. The Morgan fingerprint density at radius 3 is 2.28 bits per heavy atom. The van der Waals surface area contributed by atoms with E-state index in [9.17, 15) is 4.79 Å². The molecular weight excluding hydrogens is 314 g/mol. The van der Waals surface area contributed by atoms with Crippen LogP contribution in [0.2, 0.25) is 0 Å². The number of hydrogen-bond acceptors (Lipinski definition) is 3. The van der Waals surface area contributed by atoms with E-state index in [4.69, 9.17) is 9.47 Å². The monoisotopic (exact) mass is 339 g/mol. The molecule has 1 amide bonds. The summed E-state index contributed by atoms with van der Waals surface area (Å²) in [6.07, 6.45) is 0.967. The van der Waals surface area contributed by atoms with Gasteiger partial charge < -0.3 is 14.4 Å². The van der Waals surface area contributed by atoms with Crippen LogP contribution in [0.5, 0.6) is 11.5 Å². The van der Waals surface area contributed by atoms with Gasteiger partial charge in [-0.1, -0.05) is 25.1 Å². The summed E-state index contributed by atoms with van der Waals surface area (Å²) >= 11 is 0. The van der Waals surface area contributed by atoms with Gasteiger partial charge in [0.25, 0.3) is 5.91 Å². The van der Waals surface area contributed by atoms with Crippen molar-refractivity contribution in [1.82, 2.24) is 4.90 Å². The maximum Gasteiger partial charge on any atom is 0.254 e. The van der Waals surface area contributed by atoms with Crippen LogP contribution in [0.3, 0.4) is 0 Å². The first-order valence-electron chi connectivity index (χ1n) is 8.68. The molecule has 1 aliphatic heterocycles. The molecule has 1 heterocycles. The Kier molecular flexibility index (Phi) is 4.71. The number of benzene rings is 2. The van der Waals surface area contributed by atoms with E-state index < -0.39 is 0 Å². The number of amides is 1. The quantitative estimate of drug-likeness (QED) is 0.828. The van der Waals surface area contributed by atoms with Crippen molar-refractivity contribution in [3.05, 3.63) is 59.2 Å². The van der Waals surface area contributed by atoms with Gasteiger partial charge in [-0.2, -0.15) is 0 Å². The molecule has 0 aromatic heterocycles. The number of ether oxygens (including phenoxy) is 2. The summed E-state index contributed by atoms with van der Waals surface area (Å²) in [5.74, 6) is 1.53. The fraction of sp³-hybridized carbons (Fsp3) is 0.381. The third kappa shape index (κ3) is 3.78. The van der Waals surface area contributed by atoms with Crippen LogP contribution in [0.1, 0.15) is 49.2 Å². The van der Waals surface area contributed by atoms with Crippen LogP contribution in [0, 0.1) is 0 Å². The molecule has 0 unspecified atom stereocenters. The Labute approximate surface area is 149 Å². The van der Waals surface area contributed by atoms with Gasteiger partial charge in [-0.25, -0.2) is 0 Å². The van der Waals surface area contributed by atoms with Crippen molar-refractivity contribution in [3.8, 4) is 11.5 Å². The minimum atomic E-state index is -0.295. The van der Waals surface area contributed by atoms with Gasteiger partial charge in [0.15, 0.2) is 11.5 Å². The summed E-state index contributed by atoms with van der Waals surface area (Å²) in [5, 5.41) is 0. The molecule has 2 aromatic rings. The summed E-state index contributed by atoms with van der Waals surface area (Å²) in [6.45, 7) is 9.05. The molecule has 0 aliphatic carbocycles. The zero-order valence-corrected chi connectivity index (χ0v) is 15.3. The first kappa shape index (κ1) is 17.3. The molecule has 4 heteroatoms. The van der Waals surface area contributed by atoms with Crippen LogP contribution in [0.15, 0.2) is 42.5 Å². The highest BCUT2D eigenvalue weighted by atomic mass is 16.7. The lowest BCUT2D eigenvalue weighted by Gasteiger charge is -2.36. The molecule has 0 spiro atoms. The third-order valence-electron chi connectivity index (χ3n) is 4.44. The topological polar surface area (TPSA) is 38.8 Å². The summed E-state index contributed by atoms with van der Waals surface area (Å²) in [7, 11) is 0. The Hall–Kier alpha value is -2.49. The molecule has 0 saturated heterocycles. The summed E-state index contributed by atoms with van der Waals surface area (Å²) in [6, 6.07) is 13.7. The molecule has 132 valence electrons. The van der Waals surface area contributed by atoms with Crippen LogP contribution in [-0.2, 0) is 13.0 Å². The van der Waals surface area contributed by atoms with Crippen LogP contribution in [0.25, 0.3) is 0 Å². The average molecular weight is 339 g/mol. The van der Waals surface area contributed by atoms with Gasteiger partial charge in [0.2, 0.25) is 6.79 Å². The minimum Gasteiger partial charge on any atom is -0.454 e. The minimum absolute atomic E-state index is 0.0350. The molecule has 1 aliphatic rings. The highest BCUT2D eigenvalue weighted by molar-refractivity contribution is 5.94. The number of fused-ring (bicyclic) bond motifs is 1. The lowest BCUT2D eigenvalue weighted by Crippen LogP contribution is -2.45. The largest absolute Gasteiger partial charge is 0.454 e. The van der Waals surface area contributed by atoms with E-state index in [-0.39, 0.29) is 18.2 Å². The van der Waals surface area contributed by atoms with Crippen molar-refractivity contribution in [1.29, 1.82) is 0 Å². The molecule has 0 N–H and O–H groups in total. The average Bonchev–Trinajstić information content (AvgIpc) is 3.06. The van der Waals surface area contributed by atoms with Crippen molar-refractivity contribution in [2.24, 2.45) is 0 Å². The number of carbonyl (C=O) groups is 1. The van der Waals surface area contributed by atoms with E-state index >= 15 is 0 Å². The van der Waals surface area contributed by atoms with Gasteiger partial charge in [0.05, 0.1) is 0 Å². The highest BCUT2D eigenvalue weighted by Gasteiger charge is 2.28. The van der Waals surface area contributed by atoms with E-state index in [1.165, 1.54) is 5.56 Å². The molecule has 25 heavy (non-hydrogen) atoms. The molecule has 0 saturated carbocycles. The van der Waals surface area contributed by atoms with Gasteiger partial charge in [0.1, 0.15) is 0 Å². The van der Waals surface area contributed by atoms with Crippen LogP contribution in [-0.4, -0.2) is 23.1 Å². The SMILES string of the molecule is CCc1ccc(C(=O)N(Cc2ccc3c(c2)OCO3)C(C)(C)C)cc1. The van der Waals surface area contributed by atoms with Crippen LogP contribution >= 0.6 is 0 Å². The third-order valence-corrected chi connectivity index (χ3v) is 4.44. The predicted octanol–water partition coefficient (Wildman–Crippen LogP) is 4.42. The molecule has 0 radical (unpaired) electrons. The summed E-state index contributed by atoms with van der Waals surface area (Å²) < 4.78 is 10.8. The Balaban J connectivity index is 1.85. The van der Waals surface area contributed by atoms with Crippen molar-refractivity contribution in [2.75, 3.05) is 6.79 Å².